The maximum Gasteiger partial charge on any atom is 0.354 e. The molecule has 1 amide bonds. The predicted molar refractivity (Wildman–Crippen MR) is 69.6 cm³/mol. The van der Waals surface area contributed by atoms with Gasteiger partial charge in [0.2, 0.25) is 5.82 Å². The Hall–Kier alpha value is -2.77. The molecule has 0 spiro atoms. The van der Waals surface area contributed by atoms with Gasteiger partial charge in [0, 0.05) is 5.92 Å². The first-order valence-corrected chi connectivity index (χ1v) is 5.91. The van der Waals surface area contributed by atoms with Gasteiger partial charge >= 0.3 is 5.97 Å². The van der Waals surface area contributed by atoms with Gasteiger partial charge in [0.25, 0.3) is 5.91 Å². The van der Waals surface area contributed by atoms with Crippen LogP contribution >= 0.6 is 0 Å². The van der Waals surface area contributed by atoms with Crippen molar-refractivity contribution in [2.75, 3.05) is 5.32 Å². The van der Waals surface area contributed by atoms with Crippen LogP contribution in [0.2, 0.25) is 0 Å². The second-order valence-corrected chi connectivity index (χ2v) is 4.37. The fourth-order valence-electron chi connectivity index (χ4n) is 1.43. The predicted octanol–water partition coefficient (Wildman–Crippen LogP) is 1.27. The average molecular weight is 275 g/mol. The van der Waals surface area contributed by atoms with E-state index >= 15 is 0 Å². The van der Waals surface area contributed by atoms with E-state index in [9.17, 15) is 9.59 Å². The van der Waals surface area contributed by atoms with Gasteiger partial charge in [0.15, 0.2) is 5.69 Å². The van der Waals surface area contributed by atoms with E-state index in [4.69, 9.17) is 5.11 Å². The zero-order valence-electron chi connectivity index (χ0n) is 10.9. The van der Waals surface area contributed by atoms with Gasteiger partial charge in [-0.2, -0.15) is 0 Å². The van der Waals surface area contributed by atoms with Gasteiger partial charge in [-0.15, -0.1) is 5.10 Å². The number of aromatic amines is 1. The molecule has 20 heavy (non-hydrogen) atoms. The second kappa shape index (κ2) is 5.47. The summed E-state index contributed by atoms with van der Waals surface area (Å²) in [6.07, 6.45) is 0. The summed E-state index contributed by atoms with van der Waals surface area (Å²) in [5.74, 6) is -0.883. The lowest BCUT2D eigenvalue weighted by Gasteiger charge is -2.02. The number of carboxylic acid groups (broad SMARTS) is 1. The lowest BCUT2D eigenvalue weighted by atomic mass is 10.2. The topological polar surface area (TPSA) is 121 Å². The normalized spacial score (nSPS) is 10.6. The van der Waals surface area contributed by atoms with Crippen molar-refractivity contribution < 1.29 is 14.7 Å². The van der Waals surface area contributed by atoms with Crippen LogP contribution in [-0.4, -0.2) is 37.1 Å². The molecule has 8 nitrogen and oxygen atoms in total. The van der Waals surface area contributed by atoms with Gasteiger partial charge in [-0.25, -0.2) is 14.8 Å². The maximum atomic E-state index is 11.9. The Morgan fingerprint density at radius 3 is 2.65 bits per heavy atom. The summed E-state index contributed by atoms with van der Waals surface area (Å²) in [5.41, 5.74) is -0.152. The maximum absolute atomic E-state index is 11.9. The average Bonchev–Trinajstić information content (AvgIpc) is 2.88. The molecule has 0 saturated heterocycles. The molecule has 0 atom stereocenters. The molecular weight excluding hydrogens is 262 g/mol. The SMILES string of the molecule is CC(C)c1nc(C(=O)Nc2cccc(C(=O)O)n2)n[nH]1. The number of carbonyl (C=O) groups excluding carboxylic acids is 1. The van der Waals surface area contributed by atoms with Crippen LogP contribution in [0, 0.1) is 0 Å². The van der Waals surface area contributed by atoms with Crippen LogP contribution in [0.4, 0.5) is 5.82 Å². The Morgan fingerprint density at radius 1 is 1.30 bits per heavy atom. The van der Waals surface area contributed by atoms with Crippen LogP contribution in [-0.2, 0) is 0 Å². The van der Waals surface area contributed by atoms with E-state index in [1.807, 2.05) is 13.8 Å². The highest BCUT2D eigenvalue weighted by Gasteiger charge is 2.15. The first kappa shape index (κ1) is 13.7. The van der Waals surface area contributed by atoms with Crippen LogP contribution in [0.3, 0.4) is 0 Å². The molecule has 2 rings (SSSR count). The molecule has 2 aromatic rings. The van der Waals surface area contributed by atoms with Crippen LogP contribution in [0.5, 0.6) is 0 Å². The van der Waals surface area contributed by atoms with E-state index < -0.39 is 11.9 Å². The number of H-pyrrole nitrogens is 1. The molecular formula is C12H13N5O3. The third-order valence-corrected chi connectivity index (χ3v) is 2.46. The zero-order chi connectivity index (χ0) is 14.7. The summed E-state index contributed by atoms with van der Waals surface area (Å²) in [6.45, 7) is 3.83. The molecule has 0 aliphatic rings. The van der Waals surface area contributed by atoms with E-state index in [0.717, 1.165) is 0 Å². The first-order chi connectivity index (χ1) is 9.47. The van der Waals surface area contributed by atoms with Crippen LogP contribution in [0.1, 0.15) is 46.7 Å². The van der Waals surface area contributed by atoms with E-state index in [1.165, 1.54) is 18.2 Å². The van der Waals surface area contributed by atoms with Crippen LogP contribution in [0.15, 0.2) is 18.2 Å². The number of rotatable bonds is 4. The number of nitrogens with one attached hydrogen (secondary N) is 2. The van der Waals surface area contributed by atoms with Gasteiger partial charge in [0.1, 0.15) is 11.6 Å². The highest BCUT2D eigenvalue weighted by Crippen LogP contribution is 2.09. The molecule has 2 heterocycles. The van der Waals surface area contributed by atoms with Gasteiger partial charge in [-0.05, 0) is 12.1 Å². The Balaban J connectivity index is 2.14. The zero-order valence-corrected chi connectivity index (χ0v) is 10.9. The molecule has 104 valence electrons. The van der Waals surface area contributed by atoms with Gasteiger partial charge < -0.3 is 10.4 Å². The van der Waals surface area contributed by atoms with Crippen molar-refractivity contribution in [3.8, 4) is 0 Å². The number of carbonyl (C=O) groups is 2. The molecule has 0 radical (unpaired) electrons. The number of hydrogen-bond acceptors (Lipinski definition) is 5. The molecule has 0 bridgehead atoms. The van der Waals surface area contributed by atoms with Crippen molar-refractivity contribution in [2.24, 2.45) is 0 Å². The number of amides is 1. The third kappa shape index (κ3) is 2.97. The summed E-state index contributed by atoms with van der Waals surface area (Å²) in [7, 11) is 0. The minimum absolute atomic E-state index is 0.0174. The number of aromatic carboxylic acids is 1. The quantitative estimate of drug-likeness (QED) is 0.772. The van der Waals surface area contributed by atoms with E-state index in [2.05, 4.69) is 25.5 Å². The van der Waals surface area contributed by atoms with Crippen molar-refractivity contribution in [3.63, 3.8) is 0 Å². The molecule has 0 fully saturated rings. The fourth-order valence-corrected chi connectivity index (χ4v) is 1.43. The smallest absolute Gasteiger partial charge is 0.354 e. The second-order valence-electron chi connectivity index (χ2n) is 4.37. The number of nitrogens with zero attached hydrogens (tertiary/aromatic N) is 3. The summed E-state index contributed by atoms with van der Waals surface area (Å²) in [5, 5.41) is 17.7. The number of pyridine rings is 1. The third-order valence-electron chi connectivity index (χ3n) is 2.46. The Morgan fingerprint density at radius 2 is 2.05 bits per heavy atom. The number of hydrogen-bond donors (Lipinski definition) is 3. The molecule has 0 aliphatic carbocycles. The standard InChI is InChI=1S/C12H13N5O3/c1-6(2)9-15-10(17-16-9)11(18)14-8-5-3-4-7(13-8)12(19)20/h3-6H,1-2H3,(H,19,20)(H,13,14,18)(H,15,16,17). The molecule has 0 aliphatic heterocycles. The monoisotopic (exact) mass is 275 g/mol. The van der Waals surface area contributed by atoms with Crippen molar-refractivity contribution in [2.45, 2.75) is 19.8 Å². The highest BCUT2D eigenvalue weighted by molar-refractivity contribution is 6.01. The van der Waals surface area contributed by atoms with E-state index in [-0.39, 0.29) is 23.3 Å². The Labute approximate surface area is 114 Å². The van der Waals surface area contributed by atoms with E-state index in [1.54, 1.807) is 0 Å². The summed E-state index contributed by atoms with van der Waals surface area (Å²) in [6, 6.07) is 4.31. The minimum Gasteiger partial charge on any atom is -0.477 e. The van der Waals surface area contributed by atoms with Gasteiger partial charge in [-0.1, -0.05) is 19.9 Å². The van der Waals surface area contributed by atoms with Crippen molar-refractivity contribution >= 4 is 17.7 Å². The largest absolute Gasteiger partial charge is 0.477 e. The van der Waals surface area contributed by atoms with Crippen molar-refractivity contribution in [3.05, 3.63) is 35.5 Å². The number of anilines is 1. The lowest BCUT2D eigenvalue weighted by Crippen LogP contribution is -2.15. The fraction of sp³-hybridized carbons (Fsp3) is 0.250. The Kier molecular flexibility index (Phi) is 3.74. The van der Waals surface area contributed by atoms with Gasteiger partial charge in [0.05, 0.1) is 0 Å². The number of aromatic nitrogens is 4. The molecule has 0 aromatic carbocycles. The van der Waals surface area contributed by atoms with Crippen molar-refractivity contribution in [1.82, 2.24) is 20.2 Å². The van der Waals surface area contributed by atoms with Gasteiger partial charge in [-0.3, -0.25) is 9.89 Å². The van der Waals surface area contributed by atoms with Crippen LogP contribution < -0.4 is 5.32 Å². The summed E-state index contributed by atoms with van der Waals surface area (Å²) < 4.78 is 0. The lowest BCUT2D eigenvalue weighted by molar-refractivity contribution is 0.0690. The van der Waals surface area contributed by atoms with Crippen LogP contribution in [0.25, 0.3) is 0 Å². The van der Waals surface area contributed by atoms with E-state index in [0.29, 0.717) is 5.82 Å². The Bertz CT molecular complexity index is 650. The summed E-state index contributed by atoms with van der Waals surface area (Å²) >= 11 is 0. The molecule has 0 saturated carbocycles. The minimum atomic E-state index is -1.17. The molecule has 3 N–H and O–H groups in total. The summed E-state index contributed by atoms with van der Waals surface area (Å²) in [4.78, 5) is 30.5. The molecule has 2 aromatic heterocycles. The highest BCUT2D eigenvalue weighted by atomic mass is 16.4. The molecule has 0 unspecified atom stereocenters. The van der Waals surface area contributed by atoms with Crippen molar-refractivity contribution in [1.29, 1.82) is 0 Å². The first-order valence-electron chi connectivity index (χ1n) is 5.91. The molecule has 8 heteroatoms. The number of carboxylic acids is 1.